The number of rotatable bonds is 3. The van der Waals surface area contributed by atoms with Crippen LogP contribution in [0.5, 0.6) is 0 Å². The van der Waals surface area contributed by atoms with Gasteiger partial charge < -0.3 is 20.4 Å². The lowest BCUT2D eigenvalue weighted by atomic mass is 10.2. The van der Waals surface area contributed by atoms with Gasteiger partial charge in [-0.05, 0) is 0 Å². The van der Waals surface area contributed by atoms with E-state index in [4.69, 9.17) is 20.4 Å². The molecule has 0 radical (unpaired) electrons. The Morgan fingerprint density at radius 3 is 1.00 bits per heavy atom. The van der Waals surface area contributed by atoms with Crippen molar-refractivity contribution >= 4 is 25.3 Å². The summed E-state index contributed by atoms with van der Waals surface area (Å²) in [6, 6.07) is 0. The van der Waals surface area contributed by atoms with E-state index in [0.29, 0.717) is 0 Å². The van der Waals surface area contributed by atoms with Crippen molar-refractivity contribution in [3.63, 3.8) is 0 Å². The molecule has 4 nitrogen and oxygen atoms in total. The van der Waals surface area contributed by atoms with Gasteiger partial charge in [-0.3, -0.25) is 0 Å². The Hall–Kier alpha value is 0.540. The molecule has 0 amide bonds. The molecule has 10 heavy (non-hydrogen) atoms. The van der Waals surface area contributed by atoms with Crippen molar-refractivity contribution in [1.82, 2.24) is 0 Å². The van der Waals surface area contributed by atoms with E-state index >= 15 is 0 Å². The van der Waals surface area contributed by atoms with Crippen LogP contribution in [0, 0.1) is 0 Å². The van der Waals surface area contributed by atoms with E-state index in [9.17, 15) is 0 Å². The molecule has 0 spiro atoms. The van der Waals surface area contributed by atoms with Gasteiger partial charge in [0.25, 0.3) is 0 Å². The lowest BCUT2D eigenvalue weighted by Crippen LogP contribution is -2.40. The van der Waals surface area contributed by atoms with Gasteiger partial charge in [0.05, 0.1) is 0 Å². The zero-order chi connectivity index (χ0) is 8.31. The molecule has 0 aliphatic carbocycles. The Kier molecular flexibility index (Phi) is 4.66. The maximum Gasteiger partial charge on any atom is 0.125 e. The molecule has 4 atom stereocenters. The molecule has 0 saturated carbocycles. The van der Waals surface area contributed by atoms with Crippen molar-refractivity contribution in [2.75, 3.05) is 0 Å². The molecule has 2 unspecified atom stereocenters. The summed E-state index contributed by atoms with van der Waals surface area (Å²) in [6.45, 7) is 0. The highest BCUT2D eigenvalue weighted by molar-refractivity contribution is 7.81. The highest BCUT2D eigenvalue weighted by atomic mass is 32.1. The number of thiol groups is 2. The lowest BCUT2D eigenvalue weighted by molar-refractivity contribution is -0.0576. The third kappa shape index (κ3) is 3.09. The van der Waals surface area contributed by atoms with Crippen LogP contribution in [0.15, 0.2) is 0 Å². The molecule has 0 aromatic heterocycles. The van der Waals surface area contributed by atoms with Crippen LogP contribution in [0.4, 0.5) is 0 Å². The smallest absolute Gasteiger partial charge is 0.125 e. The quantitative estimate of drug-likeness (QED) is 0.232. The predicted octanol–water partition coefficient (Wildman–Crippen LogP) is -1.80. The van der Waals surface area contributed by atoms with Gasteiger partial charge in [-0.1, -0.05) is 0 Å². The summed E-state index contributed by atoms with van der Waals surface area (Å²) in [4.78, 5) is 0. The summed E-state index contributed by atoms with van der Waals surface area (Å²) < 4.78 is 0. The zero-order valence-corrected chi connectivity index (χ0v) is 6.78. The van der Waals surface area contributed by atoms with E-state index < -0.39 is 23.1 Å². The first-order chi connectivity index (χ1) is 4.46. The SMILES string of the molecule is OC(S)[C@@H](O)[C@H](O)C(O)S. The molecule has 0 saturated heterocycles. The average molecular weight is 186 g/mol. The van der Waals surface area contributed by atoms with E-state index in [1.165, 1.54) is 0 Å². The maximum atomic E-state index is 8.78. The molecular weight excluding hydrogens is 176 g/mol. The summed E-state index contributed by atoms with van der Waals surface area (Å²) in [5.41, 5.74) is -2.76. The largest absolute Gasteiger partial charge is 0.387 e. The minimum atomic E-state index is -1.49. The van der Waals surface area contributed by atoms with Crippen LogP contribution >= 0.6 is 25.3 Å². The van der Waals surface area contributed by atoms with Crippen LogP contribution in [0.2, 0.25) is 0 Å². The van der Waals surface area contributed by atoms with Crippen molar-refractivity contribution in [3.8, 4) is 0 Å². The molecule has 0 aliphatic heterocycles. The van der Waals surface area contributed by atoms with Crippen molar-refractivity contribution in [2.24, 2.45) is 0 Å². The van der Waals surface area contributed by atoms with Crippen LogP contribution in [-0.2, 0) is 0 Å². The van der Waals surface area contributed by atoms with E-state index in [1.54, 1.807) is 0 Å². The monoisotopic (exact) mass is 186 g/mol. The first-order valence-electron chi connectivity index (χ1n) is 2.55. The maximum absolute atomic E-state index is 8.78. The second-order valence-electron chi connectivity index (χ2n) is 1.81. The number of hydrogen-bond donors (Lipinski definition) is 6. The molecule has 6 heteroatoms. The Morgan fingerprint density at radius 1 is 0.700 bits per heavy atom. The van der Waals surface area contributed by atoms with Crippen LogP contribution in [0.3, 0.4) is 0 Å². The van der Waals surface area contributed by atoms with E-state index in [1.807, 2.05) is 0 Å². The van der Waals surface area contributed by atoms with Crippen molar-refractivity contribution < 1.29 is 20.4 Å². The molecule has 0 aromatic rings. The molecule has 0 aliphatic rings. The topological polar surface area (TPSA) is 80.9 Å². The molecule has 0 heterocycles. The molecule has 0 bridgehead atoms. The van der Waals surface area contributed by atoms with Crippen LogP contribution in [0.1, 0.15) is 0 Å². The third-order valence-corrected chi connectivity index (χ3v) is 1.57. The van der Waals surface area contributed by atoms with Crippen molar-refractivity contribution in [1.29, 1.82) is 0 Å². The normalized spacial score (nSPS) is 23.4. The van der Waals surface area contributed by atoms with E-state index in [0.717, 1.165) is 0 Å². The lowest BCUT2D eigenvalue weighted by Gasteiger charge is -2.20. The first-order valence-corrected chi connectivity index (χ1v) is 3.58. The van der Waals surface area contributed by atoms with Gasteiger partial charge in [-0.25, -0.2) is 0 Å². The van der Waals surface area contributed by atoms with Crippen LogP contribution < -0.4 is 0 Å². The number of aliphatic hydroxyl groups excluding tert-OH is 4. The van der Waals surface area contributed by atoms with Gasteiger partial charge in [0, 0.05) is 0 Å². The summed E-state index contributed by atoms with van der Waals surface area (Å²) >= 11 is 6.85. The number of aliphatic hydroxyl groups is 4. The summed E-state index contributed by atoms with van der Waals surface area (Å²) in [6.07, 6.45) is -2.98. The highest BCUT2D eigenvalue weighted by Gasteiger charge is 2.26. The second-order valence-corrected chi connectivity index (χ2v) is 2.87. The fourth-order valence-corrected chi connectivity index (χ4v) is 0.705. The van der Waals surface area contributed by atoms with Gasteiger partial charge in [0.2, 0.25) is 0 Å². The van der Waals surface area contributed by atoms with Gasteiger partial charge in [0.15, 0.2) is 0 Å². The molecule has 0 fully saturated rings. The fraction of sp³-hybridized carbons (Fsp3) is 1.00. The van der Waals surface area contributed by atoms with Crippen molar-refractivity contribution in [2.45, 2.75) is 23.1 Å². The Balaban J connectivity index is 3.81. The minimum Gasteiger partial charge on any atom is -0.387 e. The number of hydrogen-bond acceptors (Lipinski definition) is 6. The summed E-state index contributed by atoms with van der Waals surface area (Å²) in [7, 11) is 0. The van der Waals surface area contributed by atoms with E-state index in [-0.39, 0.29) is 0 Å². The summed E-state index contributed by atoms with van der Waals surface area (Å²) in [5.74, 6) is 0. The molecule has 4 N–H and O–H groups in total. The van der Waals surface area contributed by atoms with Crippen LogP contribution in [0.25, 0.3) is 0 Å². The molecule has 0 rings (SSSR count). The fourth-order valence-electron chi connectivity index (χ4n) is 0.353. The Labute approximate surface area is 69.3 Å². The second kappa shape index (κ2) is 4.42. The molecule has 62 valence electrons. The molecule has 0 aromatic carbocycles. The third-order valence-electron chi connectivity index (χ3n) is 0.961. The van der Waals surface area contributed by atoms with Gasteiger partial charge >= 0.3 is 0 Å². The average Bonchev–Trinajstić information content (AvgIpc) is 1.84. The van der Waals surface area contributed by atoms with Gasteiger partial charge in [0.1, 0.15) is 23.1 Å². The van der Waals surface area contributed by atoms with Crippen molar-refractivity contribution in [3.05, 3.63) is 0 Å². The predicted molar refractivity (Wildman–Crippen MR) is 42.0 cm³/mol. The highest BCUT2D eigenvalue weighted by Crippen LogP contribution is 2.08. The van der Waals surface area contributed by atoms with Gasteiger partial charge in [-0.2, -0.15) is 0 Å². The van der Waals surface area contributed by atoms with E-state index in [2.05, 4.69) is 25.3 Å². The zero-order valence-electron chi connectivity index (χ0n) is 4.99. The summed E-state index contributed by atoms with van der Waals surface area (Å²) in [5, 5.41) is 34.7. The van der Waals surface area contributed by atoms with Crippen LogP contribution in [-0.4, -0.2) is 43.5 Å². The first kappa shape index (κ1) is 10.5. The standard InChI is InChI=1S/C4H10O4S2/c5-1(3(7)9)2(6)4(8)10/h1-10H/t1-,2-,3?,4?/m0/s1. The Morgan fingerprint density at radius 2 is 0.900 bits per heavy atom. The minimum absolute atomic E-state index is 1.38. The molecular formula is C4H10O4S2. The Bertz CT molecular complexity index is 85.3. The van der Waals surface area contributed by atoms with Gasteiger partial charge in [-0.15, -0.1) is 25.3 Å².